The zero-order valence-electron chi connectivity index (χ0n) is 7.72. The average Bonchev–Trinajstić information content (AvgIpc) is 2.93. The normalized spacial score (nSPS) is 14.8. The highest BCUT2D eigenvalue weighted by molar-refractivity contribution is 7.80. The minimum absolute atomic E-state index is 0.0423. The fraction of sp³-hybridized carbons (Fsp3) is 0.750. The third-order valence-corrected chi connectivity index (χ3v) is 2.03. The molecule has 0 heterocycles. The summed E-state index contributed by atoms with van der Waals surface area (Å²) in [6.45, 7) is 2.88. The number of carbonyl (C=O) groups is 1. The summed E-state index contributed by atoms with van der Waals surface area (Å²) < 4.78 is 0. The van der Waals surface area contributed by atoms with E-state index >= 15 is 0 Å². The second-order valence-corrected chi connectivity index (χ2v) is 3.55. The predicted molar refractivity (Wildman–Crippen MR) is 54.9 cm³/mol. The molecule has 0 aromatic carbocycles. The largest absolute Gasteiger partial charge is 0.361 e. The maximum Gasteiger partial charge on any atom is 0.241 e. The van der Waals surface area contributed by atoms with E-state index in [0.717, 1.165) is 25.8 Å². The van der Waals surface area contributed by atoms with Crippen LogP contribution in [0, 0.1) is 5.92 Å². The summed E-state index contributed by atoms with van der Waals surface area (Å²) in [4.78, 5) is 11.1. The Labute approximate surface area is 83.4 Å². The molecule has 1 amide bonds. The Morgan fingerprint density at radius 2 is 2.15 bits per heavy atom. The third-order valence-electron chi connectivity index (χ3n) is 1.78. The van der Waals surface area contributed by atoms with Crippen molar-refractivity contribution in [3.05, 3.63) is 0 Å². The van der Waals surface area contributed by atoms with E-state index in [1.54, 1.807) is 0 Å². The first-order chi connectivity index (χ1) is 6.24. The molecule has 0 atom stereocenters. The van der Waals surface area contributed by atoms with E-state index in [2.05, 4.69) is 23.1 Å². The molecule has 0 saturated heterocycles. The molecule has 0 aliphatic heterocycles. The molecule has 1 aliphatic carbocycles. The first-order valence-corrected chi connectivity index (χ1v) is 4.98. The van der Waals surface area contributed by atoms with Crippen molar-refractivity contribution < 1.29 is 4.79 Å². The van der Waals surface area contributed by atoms with E-state index in [1.807, 2.05) is 0 Å². The molecule has 0 spiro atoms. The molecule has 74 valence electrons. The summed E-state index contributed by atoms with van der Waals surface area (Å²) >= 11 is 4.91. The molecule has 1 rings (SSSR count). The molecule has 5 heteroatoms. The molecule has 0 radical (unpaired) electrons. The van der Waals surface area contributed by atoms with Crippen LogP contribution in [-0.2, 0) is 4.79 Å². The van der Waals surface area contributed by atoms with Gasteiger partial charge in [-0.2, -0.15) is 0 Å². The maximum atomic E-state index is 11.1. The summed E-state index contributed by atoms with van der Waals surface area (Å²) in [5.41, 5.74) is 5.22. The van der Waals surface area contributed by atoms with Gasteiger partial charge < -0.3 is 5.32 Å². The second kappa shape index (κ2) is 5.01. The van der Waals surface area contributed by atoms with Gasteiger partial charge in [-0.3, -0.25) is 15.6 Å². The first kappa shape index (κ1) is 10.2. The van der Waals surface area contributed by atoms with Crippen LogP contribution in [0.2, 0.25) is 0 Å². The monoisotopic (exact) mass is 201 g/mol. The number of amides is 1. The summed E-state index contributed by atoms with van der Waals surface area (Å²) in [6.07, 6.45) is 3.02. The van der Waals surface area contributed by atoms with Crippen LogP contribution in [0.5, 0.6) is 0 Å². The summed E-state index contributed by atoms with van der Waals surface area (Å²) in [5, 5.41) is 3.43. The molecule has 0 unspecified atom stereocenters. The molecule has 13 heavy (non-hydrogen) atoms. The van der Waals surface area contributed by atoms with Gasteiger partial charge in [0.05, 0.1) is 0 Å². The predicted octanol–water partition coefficient (Wildman–Crippen LogP) is 0.302. The van der Waals surface area contributed by atoms with Crippen LogP contribution < -0.4 is 16.2 Å². The summed E-state index contributed by atoms with van der Waals surface area (Å²) in [5.74, 6) is 0.252. The lowest BCUT2D eigenvalue weighted by Gasteiger charge is -2.09. The maximum absolute atomic E-state index is 11.1. The van der Waals surface area contributed by atoms with Gasteiger partial charge in [0.15, 0.2) is 5.11 Å². The number of hydrogen-bond donors (Lipinski definition) is 3. The molecular weight excluding hydrogens is 186 g/mol. The van der Waals surface area contributed by atoms with Crippen LogP contribution in [0.1, 0.15) is 26.2 Å². The fourth-order valence-corrected chi connectivity index (χ4v) is 1.00. The van der Waals surface area contributed by atoms with E-state index in [1.165, 1.54) is 0 Å². The van der Waals surface area contributed by atoms with Crippen molar-refractivity contribution in [2.24, 2.45) is 5.92 Å². The lowest BCUT2D eigenvalue weighted by molar-refractivity contribution is -0.122. The quantitative estimate of drug-likeness (QED) is 0.454. The summed E-state index contributed by atoms with van der Waals surface area (Å²) in [6, 6.07) is 0. The van der Waals surface area contributed by atoms with Crippen molar-refractivity contribution in [1.29, 1.82) is 0 Å². The molecule has 3 N–H and O–H groups in total. The number of hydrazine groups is 1. The number of rotatable bonds is 3. The molecule has 0 bridgehead atoms. The molecule has 1 aliphatic rings. The van der Waals surface area contributed by atoms with Crippen molar-refractivity contribution >= 4 is 23.2 Å². The number of nitrogens with one attached hydrogen (secondary N) is 3. The van der Waals surface area contributed by atoms with Gasteiger partial charge in [0.1, 0.15) is 0 Å². The molecule has 4 nitrogen and oxygen atoms in total. The van der Waals surface area contributed by atoms with E-state index in [0.29, 0.717) is 5.11 Å². The molecular formula is C8H15N3OS. The van der Waals surface area contributed by atoms with Gasteiger partial charge >= 0.3 is 0 Å². The highest BCUT2D eigenvalue weighted by Gasteiger charge is 2.29. The first-order valence-electron chi connectivity index (χ1n) is 4.57. The van der Waals surface area contributed by atoms with Crippen molar-refractivity contribution in [3.63, 3.8) is 0 Å². The Morgan fingerprint density at radius 3 is 2.69 bits per heavy atom. The standard InChI is InChI=1S/C8H15N3OS/c1-2-5-9-8(13)11-10-7(12)6-3-4-6/h6H,2-5H2,1H3,(H,10,12)(H2,9,11,13). The van der Waals surface area contributed by atoms with Crippen LogP contribution in [-0.4, -0.2) is 17.6 Å². The topological polar surface area (TPSA) is 53.2 Å². The zero-order valence-corrected chi connectivity index (χ0v) is 8.54. The lowest BCUT2D eigenvalue weighted by Crippen LogP contribution is -2.47. The number of hydrogen-bond acceptors (Lipinski definition) is 2. The fourth-order valence-electron chi connectivity index (χ4n) is 0.849. The van der Waals surface area contributed by atoms with Gasteiger partial charge in [0.25, 0.3) is 0 Å². The molecule has 0 aromatic heterocycles. The van der Waals surface area contributed by atoms with Gasteiger partial charge in [-0.1, -0.05) is 6.92 Å². The molecule has 0 aromatic rings. The van der Waals surface area contributed by atoms with Crippen LogP contribution in [0.15, 0.2) is 0 Å². The van der Waals surface area contributed by atoms with E-state index in [9.17, 15) is 4.79 Å². The highest BCUT2D eigenvalue weighted by atomic mass is 32.1. The molecule has 1 fully saturated rings. The van der Waals surface area contributed by atoms with Crippen molar-refractivity contribution in [1.82, 2.24) is 16.2 Å². The van der Waals surface area contributed by atoms with Crippen LogP contribution in [0.4, 0.5) is 0 Å². The van der Waals surface area contributed by atoms with E-state index in [-0.39, 0.29) is 11.8 Å². The van der Waals surface area contributed by atoms with Crippen LogP contribution in [0.3, 0.4) is 0 Å². The van der Waals surface area contributed by atoms with Crippen LogP contribution in [0.25, 0.3) is 0 Å². The van der Waals surface area contributed by atoms with Gasteiger partial charge in [-0.15, -0.1) is 0 Å². The van der Waals surface area contributed by atoms with Crippen molar-refractivity contribution in [2.45, 2.75) is 26.2 Å². The average molecular weight is 201 g/mol. The Morgan fingerprint density at radius 1 is 1.46 bits per heavy atom. The van der Waals surface area contributed by atoms with Gasteiger partial charge in [-0.25, -0.2) is 0 Å². The number of carbonyl (C=O) groups excluding carboxylic acids is 1. The smallest absolute Gasteiger partial charge is 0.241 e. The Kier molecular flexibility index (Phi) is 3.95. The Balaban J connectivity index is 2.03. The van der Waals surface area contributed by atoms with Crippen molar-refractivity contribution in [2.75, 3.05) is 6.54 Å². The van der Waals surface area contributed by atoms with Gasteiger partial charge in [0, 0.05) is 12.5 Å². The van der Waals surface area contributed by atoms with Crippen LogP contribution >= 0.6 is 12.2 Å². The Hall–Kier alpha value is -0.840. The van der Waals surface area contributed by atoms with Crippen molar-refractivity contribution in [3.8, 4) is 0 Å². The van der Waals surface area contributed by atoms with Gasteiger partial charge in [-0.05, 0) is 31.5 Å². The van der Waals surface area contributed by atoms with E-state index < -0.39 is 0 Å². The minimum atomic E-state index is 0.0423. The SMILES string of the molecule is CCCNC(=S)NNC(=O)C1CC1. The second-order valence-electron chi connectivity index (χ2n) is 3.14. The minimum Gasteiger partial charge on any atom is -0.361 e. The lowest BCUT2D eigenvalue weighted by atomic mass is 10.4. The zero-order chi connectivity index (χ0) is 9.68. The Bertz CT molecular complexity index is 204. The highest BCUT2D eigenvalue weighted by Crippen LogP contribution is 2.28. The molecule has 1 saturated carbocycles. The van der Waals surface area contributed by atoms with E-state index in [4.69, 9.17) is 12.2 Å². The third kappa shape index (κ3) is 4.07. The number of thiocarbonyl (C=S) groups is 1. The van der Waals surface area contributed by atoms with Gasteiger partial charge in [0.2, 0.25) is 5.91 Å². The summed E-state index contributed by atoms with van der Waals surface area (Å²) in [7, 11) is 0.